The van der Waals surface area contributed by atoms with E-state index in [4.69, 9.17) is 4.74 Å². The van der Waals surface area contributed by atoms with Crippen molar-refractivity contribution in [2.24, 2.45) is 0 Å². The smallest absolute Gasteiger partial charge is 0.334 e. The molecule has 0 unspecified atom stereocenters. The largest absolute Gasteiger partial charge is 0.463 e. The maximum absolute atomic E-state index is 11.9. The molecule has 0 heterocycles. The van der Waals surface area contributed by atoms with Gasteiger partial charge in [-0.2, -0.15) is 0 Å². The Morgan fingerprint density at radius 3 is 2.47 bits per heavy atom. The number of unbranched alkanes of at least 4 members (excludes halogenated alkanes) is 3. The van der Waals surface area contributed by atoms with E-state index in [2.05, 4.69) is 6.92 Å². The first kappa shape index (κ1) is 15.5. The van der Waals surface area contributed by atoms with Gasteiger partial charge in [-0.05, 0) is 31.4 Å². The maximum atomic E-state index is 11.9. The van der Waals surface area contributed by atoms with E-state index in [-0.39, 0.29) is 5.97 Å². The van der Waals surface area contributed by atoms with Crippen molar-refractivity contribution in [3.8, 4) is 0 Å². The van der Waals surface area contributed by atoms with E-state index in [1.165, 1.54) is 19.3 Å². The molecular formula is C17H24O2. The van der Waals surface area contributed by atoms with E-state index in [1.54, 1.807) is 0 Å². The van der Waals surface area contributed by atoms with Crippen LogP contribution in [0.2, 0.25) is 0 Å². The Hall–Kier alpha value is -1.57. The molecule has 0 saturated carbocycles. The van der Waals surface area contributed by atoms with Gasteiger partial charge in [-0.15, -0.1) is 0 Å². The quantitative estimate of drug-likeness (QED) is 0.388. The zero-order valence-corrected chi connectivity index (χ0v) is 12.0. The molecule has 1 aromatic carbocycles. The first-order valence-electron chi connectivity index (χ1n) is 7.20. The molecule has 0 saturated heterocycles. The first-order valence-corrected chi connectivity index (χ1v) is 7.20. The van der Waals surface area contributed by atoms with Crippen molar-refractivity contribution in [3.63, 3.8) is 0 Å². The van der Waals surface area contributed by atoms with Gasteiger partial charge in [0.2, 0.25) is 0 Å². The molecule has 0 aliphatic rings. The van der Waals surface area contributed by atoms with Gasteiger partial charge in [0.1, 0.15) is 0 Å². The third-order valence-corrected chi connectivity index (χ3v) is 2.98. The molecule has 0 spiro atoms. The highest BCUT2D eigenvalue weighted by molar-refractivity contribution is 5.93. The van der Waals surface area contributed by atoms with Crippen LogP contribution in [0.3, 0.4) is 0 Å². The number of rotatable bonds is 8. The third kappa shape index (κ3) is 6.23. The van der Waals surface area contributed by atoms with Crippen LogP contribution in [0, 0.1) is 0 Å². The van der Waals surface area contributed by atoms with Crippen LogP contribution < -0.4 is 0 Å². The van der Waals surface area contributed by atoms with E-state index in [1.807, 2.05) is 43.3 Å². The number of esters is 1. The van der Waals surface area contributed by atoms with E-state index in [9.17, 15) is 4.79 Å². The van der Waals surface area contributed by atoms with Crippen LogP contribution in [0.25, 0.3) is 6.08 Å². The van der Waals surface area contributed by atoms with Crippen molar-refractivity contribution < 1.29 is 9.53 Å². The Balaban J connectivity index is 2.68. The second-order valence-corrected chi connectivity index (χ2v) is 4.61. The van der Waals surface area contributed by atoms with Crippen molar-refractivity contribution in [1.82, 2.24) is 0 Å². The summed E-state index contributed by atoms with van der Waals surface area (Å²) in [5.41, 5.74) is 1.84. The van der Waals surface area contributed by atoms with Crippen LogP contribution >= 0.6 is 0 Å². The highest BCUT2D eigenvalue weighted by Gasteiger charge is 2.10. The Morgan fingerprint density at radius 2 is 1.84 bits per heavy atom. The minimum atomic E-state index is -0.178. The number of benzene rings is 1. The molecule has 2 nitrogen and oxygen atoms in total. The van der Waals surface area contributed by atoms with E-state index in [0.29, 0.717) is 6.61 Å². The molecule has 19 heavy (non-hydrogen) atoms. The highest BCUT2D eigenvalue weighted by atomic mass is 16.5. The maximum Gasteiger partial charge on any atom is 0.334 e. The molecule has 0 radical (unpaired) electrons. The lowest BCUT2D eigenvalue weighted by Crippen LogP contribution is -2.07. The normalized spacial score (nSPS) is 11.4. The van der Waals surface area contributed by atoms with Gasteiger partial charge in [0, 0.05) is 5.57 Å². The summed E-state index contributed by atoms with van der Waals surface area (Å²) in [5.74, 6) is -0.178. The van der Waals surface area contributed by atoms with Gasteiger partial charge in [0.15, 0.2) is 0 Å². The molecule has 0 fully saturated rings. The molecule has 0 aromatic heterocycles. The lowest BCUT2D eigenvalue weighted by Gasteiger charge is -2.07. The summed E-state index contributed by atoms with van der Waals surface area (Å²) in [6.07, 6.45) is 7.39. The fourth-order valence-electron chi connectivity index (χ4n) is 1.95. The van der Waals surface area contributed by atoms with Gasteiger partial charge in [0.05, 0.1) is 6.61 Å². The summed E-state index contributed by atoms with van der Waals surface area (Å²) in [6.45, 7) is 4.46. The van der Waals surface area contributed by atoms with Crippen LogP contribution in [-0.2, 0) is 9.53 Å². The fourth-order valence-corrected chi connectivity index (χ4v) is 1.95. The van der Waals surface area contributed by atoms with Crippen LogP contribution in [-0.4, -0.2) is 12.6 Å². The van der Waals surface area contributed by atoms with Crippen molar-refractivity contribution >= 4 is 12.0 Å². The summed E-state index contributed by atoms with van der Waals surface area (Å²) < 4.78 is 5.13. The van der Waals surface area contributed by atoms with E-state index in [0.717, 1.165) is 24.0 Å². The molecule has 104 valence electrons. The van der Waals surface area contributed by atoms with Crippen molar-refractivity contribution in [1.29, 1.82) is 0 Å². The standard InChI is InChI=1S/C17H24O2/c1-3-5-6-10-13-16(17(18)19-4-2)14-15-11-8-7-9-12-15/h7-9,11-12,14H,3-6,10,13H2,1-2H3/b16-14+. The Kier molecular flexibility index (Phi) is 7.64. The van der Waals surface area contributed by atoms with Crippen LogP contribution in [0.5, 0.6) is 0 Å². The lowest BCUT2D eigenvalue weighted by molar-refractivity contribution is -0.138. The summed E-state index contributed by atoms with van der Waals surface area (Å²) in [7, 11) is 0. The molecule has 0 atom stereocenters. The SMILES string of the molecule is CCCCCC/C(=C\c1ccccc1)C(=O)OCC. The molecule has 1 aromatic rings. The second-order valence-electron chi connectivity index (χ2n) is 4.61. The molecular weight excluding hydrogens is 236 g/mol. The van der Waals surface area contributed by atoms with Gasteiger partial charge < -0.3 is 4.74 Å². The third-order valence-electron chi connectivity index (χ3n) is 2.98. The molecule has 0 aliphatic carbocycles. The number of hydrogen-bond donors (Lipinski definition) is 0. The topological polar surface area (TPSA) is 26.3 Å². The van der Waals surface area contributed by atoms with Crippen LogP contribution in [0.1, 0.15) is 51.5 Å². The Morgan fingerprint density at radius 1 is 1.11 bits per heavy atom. The summed E-state index contributed by atoms with van der Waals surface area (Å²) in [4.78, 5) is 11.9. The average molecular weight is 260 g/mol. The molecule has 0 amide bonds. The van der Waals surface area contributed by atoms with E-state index < -0.39 is 0 Å². The summed E-state index contributed by atoms with van der Waals surface area (Å²) >= 11 is 0. The van der Waals surface area contributed by atoms with Crippen molar-refractivity contribution in [2.45, 2.75) is 46.0 Å². The minimum Gasteiger partial charge on any atom is -0.463 e. The van der Waals surface area contributed by atoms with E-state index >= 15 is 0 Å². The predicted molar refractivity (Wildman–Crippen MR) is 79.8 cm³/mol. The molecule has 1 rings (SSSR count). The van der Waals surface area contributed by atoms with Crippen molar-refractivity contribution in [3.05, 3.63) is 41.5 Å². The van der Waals surface area contributed by atoms with Gasteiger partial charge in [-0.25, -0.2) is 4.79 Å². The number of hydrogen-bond acceptors (Lipinski definition) is 2. The van der Waals surface area contributed by atoms with Gasteiger partial charge in [-0.3, -0.25) is 0 Å². The van der Waals surface area contributed by atoms with Crippen LogP contribution in [0.15, 0.2) is 35.9 Å². The Labute approximate surface area is 116 Å². The highest BCUT2D eigenvalue weighted by Crippen LogP contribution is 2.16. The van der Waals surface area contributed by atoms with Gasteiger partial charge >= 0.3 is 5.97 Å². The predicted octanol–water partition coefficient (Wildman–Crippen LogP) is 4.60. The van der Waals surface area contributed by atoms with Crippen LogP contribution in [0.4, 0.5) is 0 Å². The molecule has 0 bridgehead atoms. The molecule has 0 aliphatic heterocycles. The lowest BCUT2D eigenvalue weighted by atomic mass is 10.0. The summed E-state index contributed by atoms with van der Waals surface area (Å²) in [6, 6.07) is 9.94. The Bertz CT molecular complexity index is 393. The zero-order chi connectivity index (χ0) is 13.9. The average Bonchev–Trinajstić information content (AvgIpc) is 2.43. The number of carbonyl (C=O) groups excluding carboxylic acids is 1. The monoisotopic (exact) mass is 260 g/mol. The molecule has 2 heteroatoms. The molecule has 0 N–H and O–H groups in total. The number of ether oxygens (including phenoxy) is 1. The zero-order valence-electron chi connectivity index (χ0n) is 12.0. The fraction of sp³-hybridized carbons (Fsp3) is 0.471. The van der Waals surface area contributed by atoms with Gasteiger partial charge in [0.25, 0.3) is 0 Å². The first-order chi connectivity index (χ1) is 9.27. The number of carbonyl (C=O) groups is 1. The van der Waals surface area contributed by atoms with Gasteiger partial charge in [-0.1, -0.05) is 56.5 Å². The summed E-state index contributed by atoms with van der Waals surface area (Å²) in [5, 5.41) is 0. The second kappa shape index (κ2) is 9.37. The minimum absolute atomic E-state index is 0.178. The van der Waals surface area contributed by atoms with Crippen molar-refractivity contribution in [2.75, 3.05) is 6.61 Å².